The van der Waals surface area contributed by atoms with Crippen molar-refractivity contribution in [2.24, 2.45) is 5.92 Å². The molecule has 0 saturated carbocycles. The van der Waals surface area contributed by atoms with Crippen molar-refractivity contribution in [3.8, 4) is 0 Å². The lowest BCUT2D eigenvalue weighted by molar-refractivity contribution is -0.125. The van der Waals surface area contributed by atoms with Gasteiger partial charge in [0.2, 0.25) is 5.91 Å². The highest BCUT2D eigenvalue weighted by Crippen LogP contribution is 2.34. The van der Waals surface area contributed by atoms with Crippen LogP contribution in [0.5, 0.6) is 0 Å². The molecule has 2 amide bonds. The number of morpholine rings is 1. The Bertz CT molecular complexity index is 1280. The highest BCUT2D eigenvalue weighted by atomic mass is 35.5. The van der Waals surface area contributed by atoms with Crippen LogP contribution in [0.15, 0.2) is 30.6 Å². The second-order valence-corrected chi connectivity index (χ2v) is 10.9. The topological polar surface area (TPSA) is 99.8 Å². The van der Waals surface area contributed by atoms with Gasteiger partial charge in [-0.05, 0) is 45.4 Å². The Hall–Kier alpha value is -2.88. The van der Waals surface area contributed by atoms with Crippen LogP contribution in [0.2, 0.25) is 5.02 Å². The van der Waals surface area contributed by atoms with Crippen LogP contribution in [-0.2, 0) is 14.3 Å². The molecule has 1 unspecified atom stereocenters. The van der Waals surface area contributed by atoms with Crippen LogP contribution in [0.1, 0.15) is 27.2 Å². The van der Waals surface area contributed by atoms with Crippen LogP contribution in [0.4, 0.5) is 10.5 Å². The first-order chi connectivity index (χ1) is 17.2. The Balaban J connectivity index is 1.42. The number of halogens is 1. The number of likely N-dealkylation sites (tertiary alicyclic amines) is 1. The number of nitrogens with zero attached hydrogens (tertiary/aromatic N) is 3. The molecule has 192 valence electrons. The van der Waals surface area contributed by atoms with Gasteiger partial charge >= 0.3 is 6.09 Å². The predicted octanol–water partition coefficient (Wildman–Crippen LogP) is 4.27. The van der Waals surface area contributed by atoms with Crippen molar-refractivity contribution in [1.29, 1.82) is 0 Å². The number of ether oxygens (including phenoxy) is 2. The van der Waals surface area contributed by atoms with Gasteiger partial charge in [-0.1, -0.05) is 11.6 Å². The quantitative estimate of drug-likeness (QED) is 0.540. The SMILES string of the molecule is CC(C)(C)OC(=O)N1CC[C@H](C(C(=O)Nc2cc(Cl)cc3c2[nH]c2cnccc23)N2CCOCC2)C1. The number of carbonyl (C=O) groups excluding carboxylic acids is 2. The molecule has 0 spiro atoms. The Morgan fingerprint density at radius 2 is 2.00 bits per heavy atom. The molecule has 4 heterocycles. The Kier molecular flexibility index (Phi) is 6.80. The zero-order valence-corrected chi connectivity index (χ0v) is 21.6. The Morgan fingerprint density at radius 1 is 1.22 bits per heavy atom. The van der Waals surface area contributed by atoms with Gasteiger partial charge in [-0.25, -0.2) is 4.79 Å². The van der Waals surface area contributed by atoms with E-state index < -0.39 is 11.6 Å². The summed E-state index contributed by atoms with van der Waals surface area (Å²) in [6, 6.07) is 5.17. The normalized spacial score (nSPS) is 20.1. The van der Waals surface area contributed by atoms with Crippen molar-refractivity contribution >= 4 is 51.1 Å². The lowest BCUT2D eigenvalue weighted by Crippen LogP contribution is -2.53. The number of benzene rings is 1. The number of hydrogen-bond donors (Lipinski definition) is 2. The van der Waals surface area contributed by atoms with Crippen molar-refractivity contribution < 1.29 is 19.1 Å². The molecule has 2 aromatic heterocycles. The highest BCUT2D eigenvalue weighted by molar-refractivity contribution is 6.33. The number of amides is 2. The fourth-order valence-electron chi connectivity index (χ4n) is 5.19. The Labute approximate surface area is 215 Å². The summed E-state index contributed by atoms with van der Waals surface area (Å²) in [6.45, 7) is 9.05. The molecule has 2 atom stereocenters. The largest absolute Gasteiger partial charge is 0.444 e. The van der Waals surface area contributed by atoms with Crippen molar-refractivity contribution in [3.05, 3.63) is 35.6 Å². The molecule has 2 aliphatic heterocycles. The van der Waals surface area contributed by atoms with Gasteiger partial charge in [0.15, 0.2) is 0 Å². The summed E-state index contributed by atoms with van der Waals surface area (Å²) in [5.74, 6) is -0.148. The molecule has 0 radical (unpaired) electrons. The number of pyridine rings is 1. The van der Waals surface area contributed by atoms with Gasteiger partial charge in [-0.3, -0.25) is 14.7 Å². The molecule has 9 nitrogen and oxygen atoms in total. The summed E-state index contributed by atoms with van der Waals surface area (Å²) in [5.41, 5.74) is 1.74. The lowest BCUT2D eigenvalue weighted by atomic mass is 9.95. The third-order valence-electron chi connectivity index (χ3n) is 6.76. The number of anilines is 1. The number of H-pyrrole nitrogens is 1. The van der Waals surface area contributed by atoms with E-state index in [2.05, 4.69) is 20.2 Å². The maximum Gasteiger partial charge on any atom is 0.410 e. The van der Waals surface area contributed by atoms with Crippen molar-refractivity contribution in [2.75, 3.05) is 44.7 Å². The summed E-state index contributed by atoms with van der Waals surface area (Å²) in [5, 5.41) is 5.61. The third-order valence-corrected chi connectivity index (χ3v) is 6.98. The van der Waals surface area contributed by atoms with Gasteiger partial charge < -0.3 is 24.7 Å². The van der Waals surface area contributed by atoms with E-state index in [0.29, 0.717) is 50.1 Å². The number of hydrogen-bond acceptors (Lipinski definition) is 6. The number of rotatable bonds is 4. The van der Waals surface area contributed by atoms with Crippen molar-refractivity contribution in [3.63, 3.8) is 0 Å². The maximum atomic E-state index is 13.9. The number of aromatic amines is 1. The van der Waals surface area contributed by atoms with E-state index in [1.165, 1.54) is 0 Å². The van der Waals surface area contributed by atoms with Gasteiger partial charge in [0.1, 0.15) is 5.60 Å². The molecule has 36 heavy (non-hydrogen) atoms. The van der Waals surface area contributed by atoms with Crippen LogP contribution >= 0.6 is 11.6 Å². The molecule has 0 aliphatic carbocycles. The molecule has 3 aromatic rings. The average molecular weight is 514 g/mol. The van der Waals surface area contributed by atoms with E-state index in [1.54, 1.807) is 23.4 Å². The van der Waals surface area contributed by atoms with E-state index >= 15 is 0 Å². The zero-order chi connectivity index (χ0) is 25.4. The van der Waals surface area contributed by atoms with E-state index in [1.807, 2.05) is 32.9 Å². The van der Waals surface area contributed by atoms with Crippen LogP contribution < -0.4 is 5.32 Å². The van der Waals surface area contributed by atoms with Crippen LogP contribution in [0.3, 0.4) is 0 Å². The first-order valence-electron chi connectivity index (χ1n) is 12.3. The van der Waals surface area contributed by atoms with Gasteiger partial charge in [0, 0.05) is 54.1 Å². The maximum absolute atomic E-state index is 13.9. The number of carbonyl (C=O) groups is 2. The number of fused-ring (bicyclic) bond motifs is 3. The third kappa shape index (κ3) is 5.14. The van der Waals surface area contributed by atoms with E-state index in [4.69, 9.17) is 21.1 Å². The molecule has 2 fully saturated rings. The first kappa shape index (κ1) is 24.8. The van der Waals surface area contributed by atoms with Crippen LogP contribution in [0, 0.1) is 5.92 Å². The summed E-state index contributed by atoms with van der Waals surface area (Å²) < 4.78 is 11.1. The van der Waals surface area contributed by atoms with Crippen molar-refractivity contribution in [2.45, 2.75) is 38.8 Å². The summed E-state index contributed by atoms with van der Waals surface area (Å²) >= 11 is 6.46. The standard InChI is InChI=1S/C26H32ClN5O4/c1-26(2,3)36-25(34)32-7-5-16(15-32)23(31-8-10-35-11-9-31)24(33)30-20-13-17(27)12-19-18-4-6-28-14-21(18)29-22(19)20/h4,6,12-14,16,23,29H,5,7-11,15H2,1-3H3,(H,30,33)/t16-,23?/m0/s1. The summed E-state index contributed by atoms with van der Waals surface area (Å²) in [6.07, 6.45) is 3.88. The molecular weight excluding hydrogens is 482 g/mol. The van der Waals surface area contributed by atoms with Crippen molar-refractivity contribution in [1.82, 2.24) is 19.8 Å². The van der Waals surface area contributed by atoms with E-state index in [0.717, 1.165) is 28.2 Å². The second kappa shape index (κ2) is 9.88. The van der Waals surface area contributed by atoms with E-state index in [-0.39, 0.29) is 17.9 Å². The summed E-state index contributed by atoms with van der Waals surface area (Å²) in [4.78, 5) is 38.0. The monoisotopic (exact) mass is 513 g/mol. The smallest absolute Gasteiger partial charge is 0.410 e. The molecule has 1 aromatic carbocycles. The zero-order valence-electron chi connectivity index (χ0n) is 20.8. The lowest BCUT2D eigenvalue weighted by Gasteiger charge is -2.36. The van der Waals surface area contributed by atoms with Gasteiger partial charge in [0.25, 0.3) is 0 Å². The number of aromatic nitrogens is 2. The minimum atomic E-state index is -0.566. The van der Waals surface area contributed by atoms with Gasteiger partial charge in [0.05, 0.1) is 42.2 Å². The van der Waals surface area contributed by atoms with Gasteiger partial charge in [-0.2, -0.15) is 0 Å². The fourth-order valence-corrected chi connectivity index (χ4v) is 5.41. The molecule has 2 saturated heterocycles. The van der Waals surface area contributed by atoms with Crippen LogP contribution in [0.25, 0.3) is 21.8 Å². The molecule has 10 heteroatoms. The second-order valence-electron chi connectivity index (χ2n) is 10.5. The first-order valence-corrected chi connectivity index (χ1v) is 12.7. The highest BCUT2D eigenvalue weighted by Gasteiger charge is 2.40. The molecule has 2 aliphatic rings. The minimum Gasteiger partial charge on any atom is -0.444 e. The molecule has 5 rings (SSSR count). The molecule has 0 bridgehead atoms. The fraction of sp³-hybridized carbons (Fsp3) is 0.500. The molecular formula is C26H32ClN5O4. The Morgan fingerprint density at radius 3 is 2.75 bits per heavy atom. The summed E-state index contributed by atoms with van der Waals surface area (Å²) in [7, 11) is 0. The average Bonchev–Trinajstić information content (AvgIpc) is 3.45. The van der Waals surface area contributed by atoms with E-state index in [9.17, 15) is 9.59 Å². The molecule has 2 N–H and O–H groups in total. The predicted molar refractivity (Wildman–Crippen MR) is 139 cm³/mol. The minimum absolute atomic E-state index is 0.0304. The van der Waals surface area contributed by atoms with Gasteiger partial charge in [-0.15, -0.1) is 0 Å². The number of nitrogens with one attached hydrogen (secondary N) is 2. The van der Waals surface area contributed by atoms with Crippen LogP contribution in [-0.4, -0.2) is 82.8 Å².